The van der Waals surface area contributed by atoms with Crippen LogP contribution in [0.4, 0.5) is 0 Å². The van der Waals surface area contributed by atoms with Gasteiger partial charge in [0.1, 0.15) is 5.75 Å². The van der Waals surface area contributed by atoms with Crippen molar-refractivity contribution in [1.29, 1.82) is 0 Å². The lowest BCUT2D eigenvalue weighted by atomic mass is 9.92. The fourth-order valence-electron chi connectivity index (χ4n) is 2.94. The number of rotatable bonds is 6. The minimum Gasteiger partial charge on any atom is -0.496 e. The number of ether oxygens (including phenoxy) is 2. The predicted octanol–water partition coefficient (Wildman–Crippen LogP) is 3.29. The summed E-state index contributed by atoms with van der Waals surface area (Å²) < 4.78 is 11.4. The van der Waals surface area contributed by atoms with Crippen LogP contribution in [0.1, 0.15) is 25.8 Å². The zero-order chi connectivity index (χ0) is 14.5. The number of hydrogen-bond donors (Lipinski definition) is 1. The maximum absolute atomic E-state index is 6.12. The molecule has 0 radical (unpaired) electrons. The van der Waals surface area contributed by atoms with Gasteiger partial charge < -0.3 is 14.8 Å². The van der Waals surface area contributed by atoms with Gasteiger partial charge in [-0.1, -0.05) is 25.4 Å². The quantitative estimate of drug-likeness (QED) is 0.874. The van der Waals surface area contributed by atoms with Crippen molar-refractivity contribution in [3.8, 4) is 5.75 Å². The molecule has 3 unspecified atom stereocenters. The zero-order valence-corrected chi connectivity index (χ0v) is 13.2. The molecule has 0 spiro atoms. The highest BCUT2D eigenvalue weighted by Crippen LogP contribution is 2.28. The molecule has 112 valence electrons. The van der Waals surface area contributed by atoms with Crippen LogP contribution in [-0.4, -0.2) is 32.4 Å². The van der Waals surface area contributed by atoms with E-state index in [9.17, 15) is 0 Å². The molecule has 4 heteroatoms. The van der Waals surface area contributed by atoms with E-state index in [4.69, 9.17) is 21.1 Å². The first-order valence-corrected chi connectivity index (χ1v) is 7.71. The van der Waals surface area contributed by atoms with Crippen molar-refractivity contribution in [2.75, 3.05) is 20.3 Å². The molecule has 1 aliphatic rings. The lowest BCUT2D eigenvalue weighted by molar-refractivity contribution is 0.0613. The Labute approximate surface area is 126 Å². The van der Waals surface area contributed by atoms with Crippen molar-refractivity contribution in [1.82, 2.24) is 5.32 Å². The molecule has 1 fully saturated rings. The summed E-state index contributed by atoms with van der Waals surface area (Å²) in [4.78, 5) is 0. The Balaban J connectivity index is 2.17. The molecular weight excluding hydrogens is 274 g/mol. The van der Waals surface area contributed by atoms with Crippen LogP contribution < -0.4 is 10.1 Å². The summed E-state index contributed by atoms with van der Waals surface area (Å²) in [7, 11) is 1.70. The van der Waals surface area contributed by atoms with Crippen LogP contribution in [0, 0.1) is 5.92 Å². The molecule has 0 bridgehead atoms. The monoisotopic (exact) mass is 297 g/mol. The number of methoxy groups -OCH3 is 1. The summed E-state index contributed by atoms with van der Waals surface area (Å²) in [5.41, 5.74) is 1.13. The van der Waals surface area contributed by atoms with Crippen LogP contribution in [0.3, 0.4) is 0 Å². The van der Waals surface area contributed by atoms with E-state index in [2.05, 4.69) is 19.2 Å². The molecule has 3 atom stereocenters. The fourth-order valence-corrected chi connectivity index (χ4v) is 3.14. The van der Waals surface area contributed by atoms with Crippen LogP contribution in [0.25, 0.3) is 0 Å². The van der Waals surface area contributed by atoms with Crippen LogP contribution in [0.5, 0.6) is 5.75 Å². The van der Waals surface area contributed by atoms with E-state index < -0.39 is 0 Å². The lowest BCUT2D eigenvalue weighted by Crippen LogP contribution is -2.43. The first kappa shape index (κ1) is 15.6. The summed E-state index contributed by atoms with van der Waals surface area (Å²) in [6, 6.07) is 6.08. The maximum Gasteiger partial charge on any atom is 0.122 e. The maximum atomic E-state index is 6.12. The van der Waals surface area contributed by atoms with Crippen molar-refractivity contribution in [3.05, 3.63) is 28.8 Å². The molecule has 20 heavy (non-hydrogen) atoms. The average molecular weight is 298 g/mol. The number of halogens is 1. The standard InChI is InChI=1S/C16H24ClNO2/c1-4-18-14(16-11(2)7-8-20-16)10-12-9-13(17)5-6-15(12)19-3/h5-6,9,11,14,16,18H,4,7-8,10H2,1-3H3. The second-order valence-corrected chi connectivity index (χ2v) is 5.86. The predicted molar refractivity (Wildman–Crippen MR) is 82.7 cm³/mol. The van der Waals surface area contributed by atoms with Gasteiger partial charge in [0.05, 0.1) is 13.2 Å². The molecule has 0 aromatic heterocycles. The first-order chi connectivity index (χ1) is 9.65. The molecule has 3 nitrogen and oxygen atoms in total. The van der Waals surface area contributed by atoms with Crippen LogP contribution >= 0.6 is 11.6 Å². The van der Waals surface area contributed by atoms with E-state index in [-0.39, 0.29) is 6.10 Å². The molecule has 0 amide bonds. The molecule has 1 aromatic carbocycles. The van der Waals surface area contributed by atoms with Crippen LogP contribution in [0.2, 0.25) is 5.02 Å². The van der Waals surface area contributed by atoms with E-state index in [0.29, 0.717) is 12.0 Å². The minimum absolute atomic E-state index is 0.263. The highest BCUT2D eigenvalue weighted by Gasteiger charge is 2.32. The second-order valence-electron chi connectivity index (χ2n) is 5.43. The molecule has 1 heterocycles. The fraction of sp³-hybridized carbons (Fsp3) is 0.625. The third kappa shape index (κ3) is 3.66. The molecular formula is C16H24ClNO2. The summed E-state index contributed by atoms with van der Waals surface area (Å²) in [5, 5.41) is 4.30. The third-order valence-electron chi connectivity index (χ3n) is 3.99. The van der Waals surface area contributed by atoms with E-state index in [1.165, 1.54) is 0 Å². The van der Waals surface area contributed by atoms with Gasteiger partial charge in [-0.25, -0.2) is 0 Å². The van der Waals surface area contributed by atoms with Gasteiger partial charge in [0.25, 0.3) is 0 Å². The number of nitrogens with one attached hydrogen (secondary N) is 1. The summed E-state index contributed by atoms with van der Waals surface area (Å²) in [6.45, 7) is 6.18. The summed E-state index contributed by atoms with van der Waals surface area (Å²) in [6.07, 6.45) is 2.27. The average Bonchev–Trinajstić information content (AvgIpc) is 2.85. The number of benzene rings is 1. The normalized spacial score (nSPS) is 23.8. The Morgan fingerprint density at radius 2 is 2.30 bits per heavy atom. The van der Waals surface area contributed by atoms with Crippen molar-refractivity contribution in [2.24, 2.45) is 5.92 Å². The van der Waals surface area contributed by atoms with Crippen molar-refractivity contribution in [3.63, 3.8) is 0 Å². The van der Waals surface area contributed by atoms with Gasteiger partial charge in [-0.05, 0) is 49.1 Å². The Hall–Kier alpha value is -0.770. The highest BCUT2D eigenvalue weighted by molar-refractivity contribution is 6.30. The largest absolute Gasteiger partial charge is 0.496 e. The first-order valence-electron chi connectivity index (χ1n) is 7.33. The number of likely N-dealkylation sites (N-methyl/N-ethyl adjacent to an activating group) is 1. The summed E-state index contributed by atoms with van der Waals surface area (Å²) >= 11 is 6.12. The van der Waals surface area contributed by atoms with Gasteiger partial charge in [0, 0.05) is 17.7 Å². The van der Waals surface area contributed by atoms with Gasteiger partial charge in [0.15, 0.2) is 0 Å². The van der Waals surface area contributed by atoms with E-state index in [1.54, 1.807) is 7.11 Å². The van der Waals surface area contributed by atoms with E-state index >= 15 is 0 Å². The summed E-state index contributed by atoms with van der Waals surface area (Å²) in [5.74, 6) is 1.48. The molecule has 1 N–H and O–H groups in total. The van der Waals surface area contributed by atoms with E-state index in [1.807, 2.05) is 18.2 Å². The topological polar surface area (TPSA) is 30.5 Å². The third-order valence-corrected chi connectivity index (χ3v) is 4.22. The second kappa shape index (κ2) is 7.30. The Morgan fingerprint density at radius 1 is 1.50 bits per heavy atom. The van der Waals surface area contributed by atoms with Gasteiger partial charge in [-0.15, -0.1) is 0 Å². The SMILES string of the molecule is CCNC(Cc1cc(Cl)ccc1OC)C1OCCC1C. The van der Waals surface area contributed by atoms with E-state index in [0.717, 1.165) is 42.3 Å². The zero-order valence-electron chi connectivity index (χ0n) is 12.5. The van der Waals surface area contributed by atoms with Gasteiger partial charge in [-0.3, -0.25) is 0 Å². The van der Waals surface area contributed by atoms with Crippen molar-refractivity contribution >= 4 is 11.6 Å². The molecule has 0 saturated carbocycles. The minimum atomic E-state index is 0.263. The van der Waals surface area contributed by atoms with Crippen molar-refractivity contribution < 1.29 is 9.47 Å². The molecule has 1 saturated heterocycles. The Kier molecular flexibility index (Phi) is 5.70. The van der Waals surface area contributed by atoms with Gasteiger partial charge in [0.2, 0.25) is 0 Å². The smallest absolute Gasteiger partial charge is 0.122 e. The Morgan fingerprint density at radius 3 is 2.90 bits per heavy atom. The molecule has 0 aliphatic carbocycles. The van der Waals surface area contributed by atoms with Crippen LogP contribution in [-0.2, 0) is 11.2 Å². The molecule has 1 aromatic rings. The van der Waals surface area contributed by atoms with Gasteiger partial charge in [-0.2, -0.15) is 0 Å². The Bertz CT molecular complexity index is 438. The molecule has 2 rings (SSSR count). The highest BCUT2D eigenvalue weighted by atomic mass is 35.5. The van der Waals surface area contributed by atoms with Crippen molar-refractivity contribution in [2.45, 2.75) is 38.8 Å². The number of hydrogen-bond acceptors (Lipinski definition) is 3. The lowest BCUT2D eigenvalue weighted by Gasteiger charge is -2.27. The van der Waals surface area contributed by atoms with Crippen LogP contribution in [0.15, 0.2) is 18.2 Å². The molecule has 1 aliphatic heterocycles. The van der Waals surface area contributed by atoms with Gasteiger partial charge >= 0.3 is 0 Å².